The first-order valence-corrected chi connectivity index (χ1v) is 5.62. The number of hydrogen-bond acceptors (Lipinski definition) is 5. The summed E-state index contributed by atoms with van der Waals surface area (Å²) >= 11 is 0. The Morgan fingerprint density at radius 3 is 2.61 bits per heavy atom. The number of methoxy groups -OCH3 is 2. The zero-order valence-electron chi connectivity index (χ0n) is 10.3. The maximum Gasteiger partial charge on any atom is 0.321 e. The van der Waals surface area contributed by atoms with E-state index >= 15 is 0 Å². The largest absolute Gasteiger partial charge is 0.493 e. The quantitative estimate of drug-likeness (QED) is 0.603. The van der Waals surface area contributed by atoms with Gasteiger partial charge in [-0.25, -0.2) is 0 Å². The van der Waals surface area contributed by atoms with Gasteiger partial charge in [0.25, 0.3) is 0 Å². The van der Waals surface area contributed by atoms with Gasteiger partial charge in [-0.15, -0.1) is 0 Å². The molecule has 1 fully saturated rings. The molecule has 1 aliphatic rings. The molecule has 5 heteroatoms. The van der Waals surface area contributed by atoms with Crippen LogP contribution < -0.4 is 9.47 Å². The fourth-order valence-corrected chi connectivity index (χ4v) is 2.08. The SMILES string of the molecule is COc1cccc(C2CCC(=O)OC2=O)c1OC. The van der Waals surface area contributed by atoms with E-state index in [1.54, 1.807) is 18.2 Å². The predicted molar refractivity (Wildman–Crippen MR) is 62.6 cm³/mol. The maximum absolute atomic E-state index is 11.7. The van der Waals surface area contributed by atoms with Crippen molar-refractivity contribution in [2.24, 2.45) is 0 Å². The number of ether oxygens (including phenoxy) is 3. The number of hydrogen-bond donors (Lipinski definition) is 0. The van der Waals surface area contributed by atoms with Crippen LogP contribution in [-0.2, 0) is 14.3 Å². The van der Waals surface area contributed by atoms with Crippen molar-refractivity contribution >= 4 is 11.9 Å². The smallest absolute Gasteiger partial charge is 0.321 e. The number of carbonyl (C=O) groups is 2. The van der Waals surface area contributed by atoms with Crippen molar-refractivity contribution in [2.45, 2.75) is 18.8 Å². The third-order valence-corrected chi connectivity index (χ3v) is 2.94. The molecule has 0 aromatic heterocycles. The minimum atomic E-state index is -0.530. The highest BCUT2D eigenvalue weighted by Crippen LogP contribution is 2.39. The van der Waals surface area contributed by atoms with Crippen LogP contribution in [-0.4, -0.2) is 26.2 Å². The standard InChI is InChI=1S/C13H14O5/c1-16-10-5-3-4-8(12(10)17-2)9-6-7-11(14)18-13(9)15/h3-5,9H,6-7H2,1-2H3. The summed E-state index contributed by atoms with van der Waals surface area (Å²) in [5, 5.41) is 0. The van der Waals surface area contributed by atoms with Gasteiger partial charge in [0.2, 0.25) is 0 Å². The van der Waals surface area contributed by atoms with Crippen LogP contribution in [0.3, 0.4) is 0 Å². The van der Waals surface area contributed by atoms with Gasteiger partial charge >= 0.3 is 11.9 Å². The fraction of sp³-hybridized carbons (Fsp3) is 0.385. The molecule has 0 amide bonds. The first kappa shape index (κ1) is 12.4. The van der Waals surface area contributed by atoms with Crippen LogP contribution >= 0.6 is 0 Å². The summed E-state index contributed by atoms with van der Waals surface area (Å²) in [6.45, 7) is 0. The maximum atomic E-state index is 11.7. The van der Waals surface area contributed by atoms with Crippen LogP contribution in [0.4, 0.5) is 0 Å². The first-order chi connectivity index (χ1) is 8.67. The summed E-state index contributed by atoms with van der Waals surface area (Å²) in [5.41, 5.74) is 0.689. The molecular weight excluding hydrogens is 236 g/mol. The molecule has 2 rings (SSSR count). The molecule has 0 spiro atoms. The molecule has 1 aromatic rings. The lowest BCUT2D eigenvalue weighted by Crippen LogP contribution is -2.26. The second-order valence-electron chi connectivity index (χ2n) is 3.97. The Bertz CT molecular complexity index is 480. The number of para-hydroxylation sites is 1. The van der Waals surface area contributed by atoms with Gasteiger partial charge in [0.15, 0.2) is 11.5 Å². The van der Waals surface area contributed by atoms with Crippen LogP contribution in [0.15, 0.2) is 18.2 Å². The van der Waals surface area contributed by atoms with Gasteiger partial charge in [0, 0.05) is 12.0 Å². The number of benzene rings is 1. The van der Waals surface area contributed by atoms with E-state index in [0.29, 0.717) is 23.5 Å². The fourth-order valence-electron chi connectivity index (χ4n) is 2.08. The molecule has 1 atom stereocenters. The molecule has 18 heavy (non-hydrogen) atoms. The summed E-state index contributed by atoms with van der Waals surface area (Å²) < 4.78 is 15.1. The van der Waals surface area contributed by atoms with Gasteiger partial charge < -0.3 is 14.2 Å². The molecule has 5 nitrogen and oxygen atoms in total. The van der Waals surface area contributed by atoms with Gasteiger partial charge in [-0.05, 0) is 12.5 Å². The van der Waals surface area contributed by atoms with E-state index in [-0.39, 0.29) is 6.42 Å². The lowest BCUT2D eigenvalue weighted by molar-refractivity contribution is -0.164. The Balaban J connectivity index is 2.38. The number of esters is 2. The highest BCUT2D eigenvalue weighted by molar-refractivity contribution is 5.92. The molecule has 1 aliphatic heterocycles. The van der Waals surface area contributed by atoms with E-state index in [9.17, 15) is 9.59 Å². The average Bonchev–Trinajstić information content (AvgIpc) is 2.37. The summed E-state index contributed by atoms with van der Waals surface area (Å²) in [6.07, 6.45) is 0.665. The molecule has 1 saturated heterocycles. The molecule has 1 heterocycles. The van der Waals surface area contributed by atoms with Gasteiger partial charge in [0.1, 0.15) is 0 Å². The van der Waals surface area contributed by atoms with E-state index in [0.717, 1.165) is 0 Å². The summed E-state index contributed by atoms with van der Waals surface area (Å²) in [4.78, 5) is 22.8. The molecule has 1 unspecified atom stereocenters. The summed E-state index contributed by atoms with van der Waals surface area (Å²) in [5.74, 6) is -0.417. The lowest BCUT2D eigenvalue weighted by atomic mass is 9.91. The Kier molecular flexibility index (Phi) is 3.50. The molecule has 1 aromatic carbocycles. The van der Waals surface area contributed by atoms with Crippen LogP contribution in [0.25, 0.3) is 0 Å². The third-order valence-electron chi connectivity index (χ3n) is 2.94. The second-order valence-corrected chi connectivity index (χ2v) is 3.97. The highest BCUT2D eigenvalue weighted by Gasteiger charge is 2.33. The summed E-state index contributed by atoms with van der Waals surface area (Å²) in [7, 11) is 3.05. The van der Waals surface area contributed by atoms with Crippen molar-refractivity contribution in [3.63, 3.8) is 0 Å². The Morgan fingerprint density at radius 2 is 2.00 bits per heavy atom. The number of carbonyl (C=O) groups excluding carboxylic acids is 2. The topological polar surface area (TPSA) is 61.8 Å². The van der Waals surface area contributed by atoms with E-state index in [1.807, 2.05) is 0 Å². The average molecular weight is 250 g/mol. The number of cyclic esters (lactones) is 2. The molecule has 0 saturated carbocycles. The molecule has 96 valence electrons. The van der Waals surface area contributed by atoms with E-state index < -0.39 is 17.9 Å². The van der Waals surface area contributed by atoms with Gasteiger partial charge in [-0.2, -0.15) is 0 Å². The molecule has 0 N–H and O–H groups in total. The highest BCUT2D eigenvalue weighted by atomic mass is 16.6. The van der Waals surface area contributed by atoms with Crippen molar-refractivity contribution in [1.82, 2.24) is 0 Å². The van der Waals surface area contributed by atoms with Crippen LogP contribution in [0.5, 0.6) is 11.5 Å². The minimum Gasteiger partial charge on any atom is -0.493 e. The van der Waals surface area contributed by atoms with Crippen molar-refractivity contribution < 1.29 is 23.8 Å². The predicted octanol–water partition coefficient (Wildman–Crippen LogP) is 1.65. The van der Waals surface area contributed by atoms with E-state index in [4.69, 9.17) is 9.47 Å². The third kappa shape index (κ3) is 2.16. The van der Waals surface area contributed by atoms with Gasteiger partial charge in [0.05, 0.1) is 20.1 Å². The minimum absolute atomic E-state index is 0.233. The zero-order chi connectivity index (χ0) is 13.1. The Hall–Kier alpha value is -2.04. The molecule has 0 radical (unpaired) electrons. The Labute approximate surface area is 105 Å². The lowest BCUT2D eigenvalue weighted by Gasteiger charge is -2.22. The molecule has 0 bridgehead atoms. The Morgan fingerprint density at radius 1 is 1.22 bits per heavy atom. The zero-order valence-corrected chi connectivity index (χ0v) is 10.3. The van der Waals surface area contributed by atoms with Crippen LogP contribution in [0.1, 0.15) is 24.3 Å². The van der Waals surface area contributed by atoms with Crippen LogP contribution in [0, 0.1) is 0 Å². The monoisotopic (exact) mass is 250 g/mol. The van der Waals surface area contributed by atoms with Crippen molar-refractivity contribution in [3.05, 3.63) is 23.8 Å². The van der Waals surface area contributed by atoms with Gasteiger partial charge in [-0.1, -0.05) is 12.1 Å². The normalized spacial score (nSPS) is 19.3. The second kappa shape index (κ2) is 5.08. The van der Waals surface area contributed by atoms with E-state index in [2.05, 4.69) is 4.74 Å². The van der Waals surface area contributed by atoms with Crippen LogP contribution in [0.2, 0.25) is 0 Å². The van der Waals surface area contributed by atoms with Crippen molar-refractivity contribution in [2.75, 3.05) is 14.2 Å². The number of rotatable bonds is 3. The van der Waals surface area contributed by atoms with Crippen molar-refractivity contribution in [3.8, 4) is 11.5 Å². The van der Waals surface area contributed by atoms with Gasteiger partial charge in [-0.3, -0.25) is 9.59 Å². The summed E-state index contributed by atoms with van der Waals surface area (Å²) in [6, 6.07) is 5.31. The molecule has 0 aliphatic carbocycles. The van der Waals surface area contributed by atoms with Crippen molar-refractivity contribution in [1.29, 1.82) is 0 Å². The van der Waals surface area contributed by atoms with E-state index in [1.165, 1.54) is 14.2 Å². The molecular formula is C13H14O5. The first-order valence-electron chi connectivity index (χ1n) is 5.62.